The molecule has 10 heteroatoms. The lowest BCUT2D eigenvalue weighted by Gasteiger charge is -2.39. The number of ether oxygens (including phenoxy) is 2. The van der Waals surface area contributed by atoms with Gasteiger partial charge in [0.25, 0.3) is 0 Å². The van der Waals surface area contributed by atoms with Crippen LogP contribution in [0.15, 0.2) is 58.2 Å². The molecule has 0 bridgehead atoms. The quantitative estimate of drug-likeness (QED) is 0.189. The van der Waals surface area contributed by atoms with E-state index in [0.29, 0.717) is 45.4 Å². The molecular formula is C35H50N6O4. The normalized spacial score (nSPS) is 20.7. The van der Waals surface area contributed by atoms with Gasteiger partial charge < -0.3 is 29.3 Å². The van der Waals surface area contributed by atoms with Crippen LogP contribution in [0.3, 0.4) is 0 Å². The Labute approximate surface area is 268 Å². The second-order valence-electron chi connectivity index (χ2n) is 11.2. The van der Waals surface area contributed by atoms with E-state index in [9.17, 15) is 9.90 Å². The Hall–Kier alpha value is -3.89. The molecule has 3 heterocycles. The van der Waals surface area contributed by atoms with Gasteiger partial charge in [0.05, 0.1) is 18.3 Å². The highest BCUT2D eigenvalue weighted by molar-refractivity contribution is 6.00. The summed E-state index contributed by atoms with van der Waals surface area (Å²) < 4.78 is 11.4. The van der Waals surface area contributed by atoms with Crippen LogP contribution in [0.2, 0.25) is 0 Å². The van der Waals surface area contributed by atoms with E-state index in [1.807, 2.05) is 37.9 Å². The first-order valence-corrected chi connectivity index (χ1v) is 16.2. The molecule has 4 aliphatic rings. The van der Waals surface area contributed by atoms with E-state index < -0.39 is 0 Å². The topological polar surface area (TPSA) is 93.4 Å². The van der Waals surface area contributed by atoms with Crippen molar-refractivity contribution in [3.05, 3.63) is 59.3 Å². The monoisotopic (exact) mass is 618 g/mol. The molecule has 1 N–H and O–H groups in total. The van der Waals surface area contributed by atoms with Crippen molar-refractivity contribution >= 4 is 36.0 Å². The molecule has 0 saturated carbocycles. The molecule has 2 saturated heterocycles. The van der Waals surface area contributed by atoms with Crippen LogP contribution in [-0.4, -0.2) is 124 Å². The first-order valence-electron chi connectivity index (χ1n) is 16.2. The predicted molar refractivity (Wildman–Crippen MR) is 184 cm³/mol. The number of aromatic hydroxyl groups is 1. The van der Waals surface area contributed by atoms with E-state index in [1.165, 1.54) is 6.08 Å². The van der Waals surface area contributed by atoms with E-state index in [-0.39, 0.29) is 11.7 Å². The van der Waals surface area contributed by atoms with Gasteiger partial charge in [-0.15, -0.1) is 0 Å². The van der Waals surface area contributed by atoms with Gasteiger partial charge in [-0.05, 0) is 37.0 Å². The van der Waals surface area contributed by atoms with Crippen molar-refractivity contribution < 1.29 is 19.4 Å². The van der Waals surface area contributed by atoms with Crippen LogP contribution in [0.25, 0.3) is 12.2 Å². The van der Waals surface area contributed by atoms with E-state index in [1.54, 1.807) is 13.5 Å². The van der Waals surface area contributed by atoms with E-state index in [2.05, 4.69) is 45.6 Å². The highest BCUT2D eigenvalue weighted by Crippen LogP contribution is 2.36. The minimum Gasteiger partial charge on any atom is -0.508 e. The van der Waals surface area contributed by atoms with Crippen molar-refractivity contribution in [1.29, 1.82) is 0 Å². The summed E-state index contributed by atoms with van der Waals surface area (Å²) in [6, 6.07) is 3.66. The Balaban J connectivity index is 0.00000226. The average Bonchev–Trinajstić information content (AvgIpc) is 3.41. The molecule has 1 atom stereocenters. The van der Waals surface area contributed by atoms with Crippen LogP contribution in [0.4, 0.5) is 5.69 Å². The number of likely N-dealkylation sites (tertiary alicyclic amines) is 1. The van der Waals surface area contributed by atoms with Crippen LogP contribution in [0.5, 0.6) is 5.75 Å². The number of phenols is 1. The number of allylic oxidation sites excluding steroid dienone is 2. The number of hydrogen-bond donors (Lipinski definition) is 1. The number of methoxy groups -OCH3 is 1. The lowest BCUT2D eigenvalue weighted by molar-refractivity contribution is -0.127. The van der Waals surface area contributed by atoms with Gasteiger partial charge in [0, 0.05) is 89.4 Å². The Bertz CT molecular complexity index is 1330. The first-order chi connectivity index (χ1) is 22.0. The maximum atomic E-state index is 12.1. The molecule has 0 spiro atoms. The second-order valence-corrected chi connectivity index (χ2v) is 11.2. The third kappa shape index (κ3) is 8.64. The second kappa shape index (κ2) is 17.0. The third-order valence-electron chi connectivity index (χ3n) is 8.61. The Morgan fingerprint density at radius 3 is 2.56 bits per heavy atom. The molecule has 1 aliphatic carbocycles. The third-order valence-corrected chi connectivity index (χ3v) is 8.61. The van der Waals surface area contributed by atoms with Gasteiger partial charge in [0.2, 0.25) is 5.91 Å². The molecule has 244 valence electrons. The molecule has 0 radical (unpaired) electrons. The number of fused-ring (bicyclic) bond motifs is 1. The summed E-state index contributed by atoms with van der Waals surface area (Å²) in [5.74, 6) is 1.13. The molecule has 45 heavy (non-hydrogen) atoms. The number of carbonyl (C=O) groups is 1. The zero-order chi connectivity index (χ0) is 32.2. The summed E-state index contributed by atoms with van der Waals surface area (Å²) in [6.07, 6.45) is 14.4. The lowest BCUT2D eigenvalue weighted by atomic mass is 9.98. The van der Waals surface area contributed by atoms with Crippen molar-refractivity contribution in [2.45, 2.75) is 39.2 Å². The van der Waals surface area contributed by atoms with Gasteiger partial charge in [0.1, 0.15) is 18.2 Å². The molecule has 1 aromatic rings. The Kier molecular flexibility index (Phi) is 12.8. The Morgan fingerprint density at radius 2 is 1.84 bits per heavy atom. The summed E-state index contributed by atoms with van der Waals surface area (Å²) in [4.78, 5) is 30.5. The SMILES string of the molecule is C=CC(=O)N1CCN(C(=NC)C2=C(N=COCCN3CCC(OC)C3)CN(c3cc(O)cc4c3C=CCC=C4)CC2)CC1.CC. The summed E-state index contributed by atoms with van der Waals surface area (Å²) in [5.41, 5.74) is 5.07. The molecule has 1 unspecified atom stereocenters. The number of carbonyl (C=O) groups excluding carboxylic acids is 1. The minimum absolute atomic E-state index is 0.0367. The smallest absolute Gasteiger partial charge is 0.246 e. The predicted octanol–water partition coefficient (Wildman–Crippen LogP) is 4.44. The maximum Gasteiger partial charge on any atom is 0.246 e. The number of rotatable bonds is 9. The van der Waals surface area contributed by atoms with Crippen LogP contribution < -0.4 is 4.90 Å². The fraction of sp³-hybridized carbons (Fsp3) is 0.514. The number of amides is 1. The Morgan fingerprint density at radius 1 is 1.09 bits per heavy atom. The van der Waals surface area contributed by atoms with Gasteiger partial charge in [-0.2, -0.15) is 0 Å². The van der Waals surface area contributed by atoms with E-state index in [4.69, 9.17) is 19.5 Å². The molecule has 1 amide bonds. The lowest BCUT2D eigenvalue weighted by Crippen LogP contribution is -2.51. The fourth-order valence-corrected chi connectivity index (χ4v) is 6.26. The molecule has 3 aliphatic heterocycles. The summed E-state index contributed by atoms with van der Waals surface area (Å²) in [6.45, 7) is 14.9. The summed E-state index contributed by atoms with van der Waals surface area (Å²) in [5, 5.41) is 10.6. The summed E-state index contributed by atoms with van der Waals surface area (Å²) >= 11 is 0. The zero-order valence-corrected chi connectivity index (χ0v) is 27.5. The number of anilines is 1. The van der Waals surface area contributed by atoms with Crippen LogP contribution in [0, 0.1) is 0 Å². The van der Waals surface area contributed by atoms with E-state index in [0.717, 1.165) is 79.4 Å². The number of benzene rings is 1. The highest BCUT2D eigenvalue weighted by Gasteiger charge is 2.29. The minimum atomic E-state index is -0.0367. The molecular weight excluding hydrogens is 568 g/mol. The van der Waals surface area contributed by atoms with Gasteiger partial charge in [-0.1, -0.05) is 44.7 Å². The highest BCUT2D eigenvalue weighted by atomic mass is 16.5. The van der Waals surface area contributed by atoms with Crippen LogP contribution in [-0.2, 0) is 14.3 Å². The number of piperazine rings is 1. The fourth-order valence-electron chi connectivity index (χ4n) is 6.26. The molecule has 2 fully saturated rings. The number of hydrogen-bond acceptors (Lipinski definition) is 8. The van der Waals surface area contributed by atoms with Gasteiger partial charge >= 0.3 is 0 Å². The van der Waals surface area contributed by atoms with Crippen molar-refractivity contribution in [2.75, 3.05) is 84.6 Å². The van der Waals surface area contributed by atoms with Crippen molar-refractivity contribution in [2.24, 2.45) is 9.98 Å². The van der Waals surface area contributed by atoms with Gasteiger partial charge in [-0.25, -0.2) is 4.99 Å². The van der Waals surface area contributed by atoms with E-state index >= 15 is 0 Å². The zero-order valence-electron chi connectivity index (χ0n) is 27.5. The van der Waals surface area contributed by atoms with Crippen molar-refractivity contribution in [3.8, 4) is 5.75 Å². The number of amidine groups is 1. The average molecular weight is 619 g/mol. The van der Waals surface area contributed by atoms with Crippen molar-refractivity contribution in [1.82, 2.24) is 14.7 Å². The number of nitrogens with zero attached hydrogens (tertiary/aromatic N) is 6. The van der Waals surface area contributed by atoms with Gasteiger partial charge in [0.15, 0.2) is 6.40 Å². The maximum absolute atomic E-state index is 12.1. The molecule has 5 rings (SSSR count). The molecule has 1 aromatic carbocycles. The van der Waals surface area contributed by atoms with Crippen LogP contribution >= 0.6 is 0 Å². The number of aliphatic imine (C=N–C) groups is 2. The van der Waals surface area contributed by atoms with Crippen molar-refractivity contribution in [3.63, 3.8) is 0 Å². The molecule has 0 aromatic heterocycles. The van der Waals surface area contributed by atoms with Crippen LogP contribution in [0.1, 0.15) is 44.2 Å². The van der Waals surface area contributed by atoms with Gasteiger partial charge in [-0.3, -0.25) is 14.7 Å². The first kappa shape index (κ1) is 34.0. The largest absolute Gasteiger partial charge is 0.508 e. The summed E-state index contributed by atoms with van der Waals surface area (Å²) in [7, 11) is 3.59. The number of phenolic OH excluding ortho intramolecular Hbond substituents is 1. The molecule has 10 nitrogen and oxygen atoms in total. The standard InChI is InChI=1S/C33H44N6O4.C2H6/c1-4-32(41)37-14-16-38(17-15-37)33(34-2)29-11-13-39(31-21-26(40)20-25-8-6-5-7-9-28(25)31)23-30(29)35-24-43-19-18-36-12-10-27(22-36)42-3;1-2/h4,6-9,20-21,24,27,40H,1,5,10-19,22-23H2,2-3H3;1-2H3.